The summed E-state index contributed by atoms with van der Waals surface area (Å²) in [6, 6.07) is 13.8. The molecule has 1 N–H and O–H groups in total. The molecule has 0 aliphatic rings. The molecule has 0 spiro atoms. The molecule has 3 aromatic rings. The van der Waals surface area contributed by atoms with E-state index in [0.29, 0.717) is 35.1 Å². The number of carbonyl (C=O) groups excluding carboxylic acids is 2. The molecule has 1 heterocycles. The largest absolute Gasteiger partial charge is 0.497 e. The molecule has 0 saturated heterocycles. The predicted molar refractivity (Wildman–Crippen MR) is 101 cm³/mol. The summed E-state index contributed by atoms with van der Waals surface area (Å²) >= 11 is 0. The third-order valence-corrected chi connectivity index (χ3v) is 3.95. The lowest BCUT2D eigenvalue weighted by molar-refractivity contribution is -0.116. The number of hydrogen-bond donors (Lipinski definition) is 1. The Morgan fingerprint density at radius 3 is 2.61 bits per heavy atom. The number of hydrogen-bond acceptors (Lipinski definition) is 7. The van der Waals surface area contributed by atoms with Gasteiger partial charge in [-0.15, -0.1) is 0 Å². The van der Waals surface area contributed by atoms with Crippen LogP contribution in [0, 0.1) is 0 Å². The first-order valence-electron chi connectivity index (χ1n) is 8.54. The van der Waals surface area contributed by atoms with E-state index in [1.54, 1.807) is 37.4 Å². The van der Waals surface area contributed by atoms with Crippen molar-refractivity contribution in [2.45, 2.75) is 12.8 Å². The number of anilines is 1. The van der Waals surface area contributed by atoms with Crippen molar-refractivity contribution in [2.75, 3.05) is 19.5 Å². The van der Waals surface area contributed by atoms with Crippen LogP contribution in [0.4, 0.5) is 5.69 Å². The van der Waals surface area contributed by atoms with Gasteiger partial charge >= 0.3 is 5.97 Å². The number of amides is 1. The summed E-state index contributed by atoms with van der Waals surface area (Å²) in [4.78, 5) is 27.8. The van der Waals surface area contributed by atoms with Crippen molar-refractivity contribution in [1.82, 2.24) is 10.1 Å². The lowest BCUT2D eigenvalue weighted by Gasteiger charge is -2.05. The number of benzene rings is 2. The standard InChI is InChI=1S/C20H19N3O5/c1-26-16-5-3-4-14(12-16)19-22-18(28-23-19)11-10-17(24)21-15-8-6-13(7-9-15)20(25)27-2/h3-9,12H,10-11H2,1-2H3,(H,21,24). The normalized spacial score (nSPS) is 10.4. The van der Waals surface area contributed by atoms with Crippen molar-refractivity contribution in [3.63, 3.8) is 0 Å². The van der Waals surface area contributed by atoms with Gasteiger partial charge in [-0.1, -0.05) is 17.3 Å². The van der Waals surface area contributed by atoms with Crippen molar-refractivity contribution in [3.8, 4) is 17.1 Å². The van der Waals surface area contributed by atoms with Crippen LogP contribution in [0.5, 0.6) is 5.75 Å². The van der Waals surface area contributed by atoms with E-state index >= 15 is 0 Å². The molecular formula is C20H19N3O5. The summed E-state index contributed by atoms with van der Waals surface area (Å²) in [6.45, 7) is 0. The third-order valence-electron chi connectivity index (χ3n) is 3.95. The molecule has 144 valence electrons. The molecule has 28 heavy (non-hydrogen) atoms. The molecule has 8 heteroatoms. The fraction of sp³-hybridized carbons (Fsp3) is 0.200. The van der Waals surface area contributed by atoms with Crippen molar-refractivity contribution in [2.24, 2.45) is 0 Å². The Balaban J connectivity index is 1.55. The van der Waals surface area contributed by atoms with Crippen LogP contribution in [0.1, 0.15) is 22.7 Å². The Bertz CT molecular complexity index is 966. The van der Waals surface area contributed by atoms with Crippen LogP contribution in [0.15, 0.2) is 53.1 Å². The zero-order valence-corrected chi connectivity index (χ0v) is 15.5. The Hall–Kier alpha value is -3.68. The maximum absolute atomic E-state index is 12.1. The Kier molecular flexibility index (Phi) is 6.01. The second-order valence-corrected chi connectivity index (χ2v) is 5.86. The minimum Gasteiger partial charge on any atom is -0.497 e. The molecule has 0 radical (unpaired) electrons. The summed E-state index contributed by atoms with van der Waals surface area (Å²) in [5.41, 5.74) is 1.76. The van der Waals surface area contributed by atoms with Gasteiger partial charge in [0.25, 0.3) is 0 Å². The first-order chi connectivity index (χ1) is 13.6. The van der Waals surface area contributed by atoms with Crippen LogP contribution in [-0.2, 0) is 16.0 Å². The van der Waals surface area contributed by atoms with Gasteiger partial charge < -0.3 is 19.3 Å². The minimum absolute atomic E-state index is 0.179. The zero-order valence-electron chi connectivity index (χ0n) is 15.5. The lowest BCUT2D eigenvalue weighted by Crippen LogP contribution is -2.12. The van der Waals surface area contributed by atoms with Gasteiger partial charge in [-0.05, 0) is 36.4 Å². The van der Waals surface area contributed by atoms with E-state index in [1.807, 2.05) is 18.2 Å². The van der Waals surface area contributed by atoms with E-state index < -0.39 is 5.97 Å². The maximum Gasteiger partial charge on any atom is 0.337 e. The topological polar surface area (TPSA) is 104 Å². The quantitative estimate of drug-likeness (QED) is 0.627. The number of carbonyl (C=O) groups is 2. The highest BCUT2D eigenvalue weighted by Crippen LogP contribution is 2.21. The van der Waals surface area contributed by atoms with E-state index in [9.17, 15) is 9.59 Å². The average Bonchev–Trinajstić information content (AvgIpc) is 3.21. The lowest BCUT2D eigenvalue weighted by atomic mass is 10.2. The summed E-state index contributed by atoms with van der Waals surface area (Å²) in [6.07, 6.45) is 0.488. The molecule has 0 atom stereocenters. The molecule has 0 bridgehead atoms. The molecule has 0 saturated carbocycles. The minimum atomic E-state index is -0.430. The van der Waals surface area contributed by atoms with E-state index in [2.05, 4.69) is 20.2 Å². The molecule has 2 aromatic carbocycles. The van der Waals surface area contributed by atoms with Gasteiger partial charge in [0.15, 0.2) is 0 Å². The molecule has 0 aliphatic heterocycles. The SMILES string of the molecule is COC(=O)c1ccc(NC(=O)CCc2nc(-c3cccc(OC)c3)no2)cc1. The number of nitrogens with zero attached hydrogens (tertiary/aromatic N) is 2. The second-order valence-electron chi connectivity index (χ2n) is 5.86. The number of esters is 1. The van der Waals surface area contributed by atoms with Crippen LogP contribution < -0.4 is 10.1 Å². The number of methoxy groups -OCH3 is 2. The van der Waals surface area contributed by atoms with Crippen LogP contribution in [-0.4, -0.2) is 36.2 Å². The monoisotopic (exact) mass is 381 g/mol. The fourth-order valence-corrected chi connectivity index (χ4v) is 2.49. The Morgan fingerprint density at radius 1 is 1.11 bits per heavy atom. The summed E-state index contributed by atoms with van der Waals surface area (Å²) in [5, 5.41) is 6.69. The average molecular weight is 381 g/mol. The van der Waals surface area contributed by atoms with Crippen LogP contribution >= 0.6 is 0 Å². The number of ether oxygens (including phenoxy) is 2. The number of rotatable bonds is 7. The number of nitrogens with one attached hydrogen (secondary N) is 1. The predicted octanol–water partition coefficient (Wildman–Crippen LogP) is 3.10. The van der Waals surface area contributed by atoms with Gasteiger partial charge in [-0.3, -0.25) is 4.79 Å². The molecule has 1 aromatic heterocycles. The smallest absolute Gasteiger partial charge is 0.337 e. The van der Waals surface area contributed by atoms with Gasteiger partial charge in [0.05, 0.1) is 19.8 Å². The third kappa shape index (κ3) is 4.73. The van der Waals surface area contributed by atoms with Gasteiger partial charge in [0.1, 0.15) is 5.75 Å². The van der Waals surface area contributed by atoms with Crippen molar-refractivity contribution >= 4 is 17.6 Å². The maximum atomic E-state index is 12.1. The first kappa shape index (κ1) is 19.1. The van der Waals surface area contributed by atoms with Crippen LogP contribution in [0.2, 0.25) is 0 Å². The molecule has 3 rings (SSSR count). The first-order valence-corrected chi connectivity index (χ1v) is 8.54. The highest BCUT2D eigenvalue weighted by molar-refractivity contribution is 5.93. The molecule has 0 aliphatic carbocycles. The summed E-state index contributed by atoms with van der Waals surface area (Å²) in [5.74, 6) is 0.872. The highest BCUT2D eigenvalue weighted by Gasteiger charge is 2.12. The Morgan fingerprint density at radius 2 is 1.89 bits per heavy atom. The van der Waals surface area contributed by atoms with E-state index in [1.165, 1.54) is 7.11 Å². The van der Waals surface area contributed by atoms with Crippen LogP contribution in [0.3, 0.4) is 0 Å². The summed E-state index contributed by atoms with van der Waals surface area (Å²) in [7, 11) is 2.90. The Labute approximate surface area is 161 Å². The fourth-order valence-electron chi connectivity index (χ4n) is 2.49. The molecule has 0 fully saturated rings. The molecular weight excluding hydrogens is 362 g/mol. The van der Waals surface area contributed by atoms with Crippen molar-refractivity contribution in [3.05, 3.63) is 60.0 Å². The molecule has 1 amide bonds. The molecule has 0 unspecified atom stereocenters. The van der Waals surface area contributed by atoms with Crippen molar-refractivity contribution < 1.29 is 23.6 Å². The molecule has 8 nitrogen and oxygen atoms in total. The highest BCUT2D eigenvalue weighted by atomic mass is 16.5. The van der Waals surface area contributed by atoms with Gasteiger partial charge in [-0.25, -0.2) is 4.79 Å². The van der Waals surface area contributed by atoms with E-state index in [4.69, 9.17) is 9.26 Å². The van der Waals surface area contributed by atoms with Gasteiger partial charge in [0, 0.05) is 24.1 Å². The second kappa shape index (κ2) is 8.81. The van der Waals surface area contributed by atoms with Crippen LogP contribution in [0.25, 0.3) is 11.4 Å². The van der Waals surface area contributed by atoms with Crippen molar-refractivity contribution in [1.29, 1.82) is 0 Å². The number of aryl methyl sites for hydroxylation is 1. The van der Waals surface area contributed by atoms with Gasteiger partial charge in [0.2, 0.25) is 17.6 Å². The van der Waals surface area contributed by atoms with E-state index in [-0.39, 0.29) is 12.3 Å². The van der Waals surface area contributed by atoms with Gasteiger partial charge in [-0.2, -0.15) is 4.98 Å². The van der Waals surface area contributed by atoms with E-state index in [0.717, 1.165) is 5.56 Å². The zero-order chi connectivity index (χ0) is 19.9. The number of aromatic nitrogens is 2. The summed E-state index contributed by atoms with van der Waals surface area (Å²) < 4.78 is 15.0.